The molecule has 4 aliphatic heterocycles. The lowest BCUT2D eigenvalue weighted by atomic mass is 9.88. The summed E-state index contributed by atoms with van der Waals surface area (Å²) in [6, 6.07) is 11.8. The second-order valence-electron chi connectivity index (χ2n) is 16.1. The predicted octanol–water partition coefficient (Wildman–Crippen LogP) is 3.41. The van der Waals surface area contributed by atoms with Crippen molar-refractivity contribution < 1.29 is 29.0 Å². The average molecular weight is 762 g/mol. The van der Waals surface area contributed by atoms with E-state index in [0.29, 0.717) is 71.8 Å². The Kier molecular flexibility index (Phi) is 9.15. The van der Waals surface area contributed by atoms with Gasteiger partial charge in [0.1, 0.15) is 23.6 Å². The number of aromatic nitrogens is 3. The Morgan fingerprint density at radius 3 is 2.46 bits per heavy atom. The number of carbonyl (C=O) groups is 4. The van der Waals surface area contributed by atoms with E-state index in [1.165, 1.54) is 6.20 Å². The minimum atomic E-state index is -0.851. The Bertz CT molecular complexity index is 2230. The third-order valence-electron chi connectivity index (χ3n) is 12.3. The number of rotatable bonds is 9. The molecule has 1 saturated carbocycles. The summed E-state index contributed by atoms with van der Waals surface area (Å²) < 4.78 is 7.66. The highest BCUT2D eigenvalue weighted by atomic mass is 16.5. The molecule has 9 rings (SSSR count). The molecule has 292 valence electrons. The maximum absolute atomic E-state index is 13.9. The van der Waals surface area contributed by atoms with Crippen molar-refractivity contribution in [1.82, 2.24) is 34.6 Å². The van der Waals surface area contributed by atoms with Crippen molar-refractivity contribution in [2.24, 2.45) is 0 Å². The summed E-state index contributed by atoms with van der Waals surface area (Å²) in [5.41, 5.74) is 5.47. The molecular weight excluding hydrogens is 715 g/mol. The molecule has 15 heteroatoms. The fraction of sp³-hybridized carbons (Fsp3) is 0.463. The summed E-state index contributed by atoms with van der Waals surface area (Å²) >= 11 is 0. The van der Waals surface area contributed by atoms with Crippen LogP contribution in [0.5, 0.6) is 5.75 Å². The average Bonchev–Trinajstić information content (AvgIpc) is 3.84. The zero-order chi connectivity index (χ0) is 38.8. The standard InChI is InChI=1S/C41H47N9O6/c1-23(2)56-35-17-31-25(16-33(35)44-38(52)32-18-43-50-14-4-13-42-37(32)50)19-48(41(31)55)27-7-5-26(6-8-27)46(3)29-21-47(22-29)28-9-10-30-24(15-28)20-49(40(30)54)34-11-12-36(51)45-39(34)53/h4,9-10,13-18,23,26-27,29,34,36,51H,5-8,11-12,19-22H2,1-3H3,(H,44,52)(H,45,53). The van der Waals surface area contributed by atoms with Gasteiger partial charge in [0, 0.05) is 73.5 Å². The number of amides is 4. The van der Waals surface area contributed by atoms with Crippen molar-refractivity contribution in [1.29, 1.82) is 0 Å². The van der Waals surface area contributed by atoms with E-state index in [-0.39, 0.29) is 35.8 Å². The first kappa shape index (κ1) is 36.1. The first-order valence-electron chi connectivity index (χ1n) is 19.7. The molecule has 0 bridgehead atoms. The number of hydrogen-bond acceptors (Lipinski definition) is 10. The Labute approximate surface area is 324 Å². The lowest BCUT2D eigenvalue weighted by Gasteiger charge is -2.49. The molecule has 6 heterocycles. The molecule has 0 radical (unpaired) electrons. The number of benzene rings is 2. The van der Waals surface area contributed by atoms with Gasteiger partial charge in [-0.15, -0.1) is 0 Å². The number of aliphatic hydroxyl groups excluding tert-OH is 1. The zero-order valence-corrected chi connectivity index (χ0v) is 31.9. The normalized spacial score (nSPS) is 23.8. The van der Waals surface area contributed by atoms with Gasteiger partial charge in [-0.3, -0.25) is 24.1 Å². The highest BCUT2D eigenvalue weighted by Gasteiger charge is 2.42. The van der Waals surface area contributed by atoms with Crippen LogP contribution in [0.3, 0.4) is 0 Å². The topological polar surface area (TPSA) is 165 Å². The number of fused-ring (bicyclic) bond motifs is 3. The number of piperidine rings is 1. The molecule has 4 amide bonds. The van der Waals surface area contributed by atoms with Crippen LogP contribution in [0.25, 0.3) is 5.65 Å². The number of nitrogens with zero attached hydrogens (tertiary/aromatic N) is 7. The molecule has 1 aliphatic carbocycles. The molecule has 3 N–H and O–H groups in total. The van der Waals surface area contributed by atoms with Gasteiger partial charge in [0.05, 0.1) is 18.0 Å². The van der Waals surface area contributed by atoms with Gasteiger partial charge >= 0.3 is 0 Å². The highest BCUT2D eigenvalue weighted by Crippen LogP contribution is 2.39. The Hall–Kier alpha value is -5.54. The SMILES string of the molecule is CC(C)Oc1cc2c(cc1NC(=O)c1cnn3cccnc13)CN(C1CCC(N(C)C3CN(c4ccc5c(c4)CN(C4CCC(O)NC4=O)C5=O)C3)CC1)C2=O. The van der Waals surface area contributed by atoms with Crippen LogP contribution in [0.1, 0.15) is 94.6 Å². The van der Waals surface area contributed by atoms with E-state index < -0.39 is 12.3 Å². The maximum atomic E-state index is 13.9. The number of carbonyl (C=O) groups excluding carboxylic acids is 4. The second kappa shape index (κ2) is 14.2. The number of nitrogens with one attached hydrogen (secondary N) is 2. The number of ether oxygens (including phenoxy) is 1. The van der Waals surface area contributed by atoms with Crippen molar-refractivity contribution in [2.45, 2.75) is 102 Å². The number of likely N-dealkylation sites (N-methyl/N-ethyl adjacent to an activating group) is 1. The van der Waals surface area contributed by atoms with Gasteiger partial charge in [0.15, 0.2) is 5.65 Å². The first-order chi connectivity index (χ1) is 27.0. The first-order valence-corrected chi connectivity index (χ1v) is 19.7. The van der Waals surface area contributed by atoms with Crippen molar-refractivity contribution in [3.8, 4) is 5.75 Å². The molecule has 2 aromatic carbocycles. The van der Waals surface area contributed by atoms with Gasteiger partial charge in [-0.1, -0.05) is 0 Å². The molecule has 2 unspecified atom stereocenters. The lowest BCUT2D eigenvalue weighted by molar-refractivity contribution is -0.132. The van der Waals surface area contributed by atoms with E-state index >= 15 is 0 Å². The summed E-state index contributed by atoms with van der Waals surface area (Å²) in [5.74, 6) is -0.320. The summed E-state index contributed by atoms with van der Waals surface area (Å²) in [7, 11) is 2.21. The van der Waals surface area contributed by atoms with Gasteiger partial charge in [0.25, 0.3) is 17.7 Å². The molecule has 3 fully saturated rings. The van der Waals surface area contributed by atoms with Gasteiger partial charge in [-0.05, 0) is 107 Å². The minimum Gasteiger partial charge on any atom is -0.489 e. The van der Waals surface area contributed by atoms with E-state index in [1.54, 1.807) is 33.9 Å². The molecule has 0 spiro atoms. The van der Waals surface area contributed by atoms with Crippen LogP contribution in [0.15, 0.2) is 55.0 Å². The fourth-order valence-electron chi connectivity index (χ4n) is 9.14. The maximum Gasteiger partial charge on any atom is 0.261 e. The predicted molar refractivity (Wildman–Crippen MR) is 206 cm³/mol. The molecule has 2 saturated heterocycles. The Morgan fingerprint density at radius 2 is 1.70 bits per heavy atom. The van der Waals surface area contributed by atoms with E-state index in [9.17, 15) is 24.3 Å². The van der Waals surface area contributed by atoms with E-state index in [1.807, 2.05) is 36.9 Å². The van der Waals surface area contributed by atoms with Crippen LogP contribution in [-0.2, 0) is 17.9 Å². The third kappa shape index (κ3) is 6.41. The number of hydrogen-bond donors (Lipinski definition) is 3. The van der Waals surface area contributed by atoms with Crippen molar-refractivity contribution in [3.63, 3.8) is 0 Å². The van der Waals surface area contributed by atoms with Crippen LogP contribution < -0.4 is 20.3 Å². The number of aliphatic hydroxyl groups is 1. The van der Waals surface area contributed by atoms with Crippen LogP contribution in [0.2, 0.25) is 0 Å². The molecule has 2 atom stereocenters. The van der Waals surface area contributed by atoms with Crippen molar-refractivity contribution in [3.05, 3.63) is 82.8 Å². The van der Waals surface area contributed by atoms with E-state index in [0.717, 1.165) is 55.6 Å². The van der Waals surface area contributed by atoms with Gasteiger partial charge in [0.2, 0.25) is 5.91 Å². The largest absolute Gasteiger partial charge is 0.489 e. The van der Waals surface area contributed by atoms with E-state index in [4.69, 9.17) is 4.74 Å². The fourth-order valence-corrected chi connectivity index (χ4v) is 9.14. The van der Waals surface area contributed by atoms with Gasteiger partial charge < -0.3 is 35.2 Å². The van der Waals surface area contributed by atoms with Crippen LogP contribution in [0, 0.1) is 0 Å². The van der Waals surface area contributed by atoms with Crippen LogP contribution >= 0.6 is 0 Å². The quantitative estimate of drug-likeness (QED) is 0.230. The zero-order valence-electron chi connectivity index (χ0n) is 31.9. The number of anilines is 2. The molecular formula is C41H47N9O6. The molecule has 15 nitrogen and oxygen atoms in total. The van der Waals surface area contributed by atoms with E-state index in [2.05, 4.69) is 43.6 Å². The molecule has 5 aliphatic rings. The monoisotopic (exact) mass is 761 g/mol. The van der Waals surface area contributed by atoms with Crippen LogP contribution in [-0.4, -0.2) is 115 Å². The summed E-state index contributed by atoms with van der Waals surface area (Å²) in [6.45, 7) is 6.50. The highest BCUT2D eigenvalue weighted by molar-refractivity contribution is 6.09. The second-order valence-corrected chi connectivity index (χ2v) is 16.1. The summed E-state index contributed by atoms with van der Waals surface area (Å²) in [6.07, 6.45) is 8.54. The Balaban J connectivity index is 0.801. The summed E-state index contributed by atoms with van der Waals surface area (Å²) in [5, 5.41) is 19.6. The molecule has 56 heavy (non-hydrogen) atoms. The van der Waals surface area contributed by atoms with Crippen molar-refractivity contribution >= 4 is 40.7 Å². The smallest absolute Gasteiger partial charge is 0.261 e. The van der Waals surface area contributed by atoms with Gasteiger partial charge in [-0.2, -0.15) is 5.10 Å². The minimum absolute atomic E-state index is 0.00437. The third-order valence-corrected chi connectivity index (χ3v) is 12.3. The van der Waals surface area contributed by atoms with Crippen molar-refractivity contribution in [2.75, 3.05) is 30.4 Å². The molecule has 4 aromatic rings. The van der Waals surface area contributed by atoms with Gasteiger partial charge in [-0.25, -0.2) is 9.50 Å². The Morgan fingerprint density at radius 1 is 0.946 bits per heavy atom. The molecule has 2 aromatic heterocycles. The van der Waals surface area contributed by atoms with Crippen LogP contribution in [0.4, 0.5) is 11.4 Å². The lowest BCUT2D eigenvalue weighted by Crippen LogP contribution is -2.61. The summed E-state index contributed by atoms with van der Waals surface area (Å²) in [4.78, 5) is 65.7.